The van der Waals surface area contributed by atoms with Gasteiger partial charge in [-0.25, -0.2) is 0 Å². The molecule has 10 atom stereocenters. The maximum Gasteiger partial charge on any atom is 0.205 e. The van der Waals surface area contributed by atoms with Crippen molar-refractivity contribution in [2.75, 3.05) is 6.61 Å². The van der Waals surface area contributed by atoms with Crippen molar-refractivity contribution in [3.63, 3.8) is 0 Å². The van der Waals surface area contributed by atoms with Gasteiger partial charge in [0.2, 0.25) is 5.79 Å². The highest BCUT2D eigenvalue weighted by molar-refractivity contribution is 9.10. The highest BCUT2D eigenvalue weighted by Gasteiger charge is 2.92. The molecule has 7 aliphatic rings. The fourth-order valence-electron chi connectivity index (χ4n) is 8.80. The van der Waals surface area contributed by atoms with Crippen molar-refractivity contribution in [3.8, 4) is 0 Å². The van der Waals surface area contributed by atoms with Crippen LogP contribution in [0.5, 0.6) is 0 Å². The van der Waals surface area contributed by atoms with Crippen LogP contribution in [0, 0.1) is 45.8 Å². The van der Waals surface area contributed by atoms with Crippen LogP contribution in [-0.2, 0) is 14.3 Å². The third-order valence-electron chi connectivity index (χ3n) is 9.51. The van der Waals surface area contributed by atoms with E-state index < -0.39 is 28.6 Å². The van der Waals surface area contributed by atoms with Gasteiger partial charge in [0.25, 0.3) is 0 Å². The molecular weight excluding hydrogens is 412 g/mol. The van der Waals surface area contributed by atoms with Crippen molar-refractivity contribution in [3.05, 3.63) is 12.2 Å². The highest BCUT2D eigenvalue weighted by Crippen LogP contribution is 2.83. The van der Waals surface area contributed by atoms with Crippen molar-refractivity contribution in [2.24, 2.45) is 45.8 Å². The summed E-state index contributed by atoms with van der Waals surface area (Å²) in [6.45, 7) is 8.31. The van der Waals surface area contributed by atoms with E-state index in [4.69, 9.17) is 4.74 Å². The van der Waals surface area contributed by atoms with Gasteiger partial charge in [0.1, 0.15) is 6.10 Å². The molecule has 5 nitrogen and oxygen atoms in total. The van der Waals surface area contributed by atoms with Gasteiger partial charge in [-0.3, -0.25) is 9.59 Å². The molecule has 2 unspecified atom stereocenters. The minimum Gasteiger partial charge on any atom is -0.387 e. The lowest BCUT2D eigenvalue weighted by Gasteiger charge is -2.82. The number of Topliss-reactive ketones (excluding diaryl/α,β-unsaturated/α-hetero) is 2. The third-order valence-corrected chi connectivity index (χ3v) is 10.2. The SMILES string of the molecule is C=C1C2C(=O)[C@]34[C@H]2[C@H]1CC[C@H]3[C@@]12CO[C@]4(O)[C@@H](O)[C@@H]1C(C)(C)CC(Br)C2=O. The van der Waals surface area contributed by atoms with E-state index in [1.165, 1.54) is 0 Å². The molecule has 0 amide bonds. The van der Waals surface area contributed by atoms with Gasteiger partial charge < -0.3 is 14.9 Å². The van der Waals surface area contributed by atoms with Gasteiger partial charge in [0.05, 0.1) is 22.3 Å². The van der Waals surface area contributed by atoms with Crippen LogP contribution in [0.2, 0.25) is 0 Å². The Morgan fingerprint density at radius 3 is 2.63 bits per heavy atom. The summed E-state index contributed by atoms with van der Waals surface area (Å²) in [4.78, 5) is 26.7. The first kappa shape index (κ1) is 17.3. The molecule has 2 spiro atoms. The van der Waals surface area contributed by atoms with E-state index in [0.29, 0.717) is 12.8 Å². The van der Waals surface area contributed by atoms with E-state index in [0.717, 1.165) is 12.0 Å². The average Bonchev–Trinajstić information content (AvgIpc) is 2.58. The van der Waals surface area contributed by atoms with Gasteiger partial charge in [-0.2, -0.15) is 0 Å². The van der Waals surface area contributed by atoms with Gasteiger partial charge in [0, 0.05) is 11.8 Å². The zero-order chi connectivity index (χ0) is 19.3. The van der Waals surface area contributed by atoms with E-state index >= 15 is 0 Å². The Bertz CT molecular complexity index is 836. The Morgan fingerprint density at radius 2 is 1.93 bits per heavy atom. The quantitative estimate of drug-likeness (QED) is 0.447. The molecule has 2 heterocycles. The molecule has 27 heavy (non-hydrogen) atoms. The largest absolute Gasteiger partial charge is 0.387 e. The van der Waals surface area contributed by atoms with Gasteiger partial charge in [-0.15, -0.1) is 0 Å². The molecule has 6 heteroatoms. The molecule has 7 rings (SSSR count). The number of hydrogen-bond acceptors (Lipinski definition) is 5. The summed E-state index contributed by atoms with van der Waals surface area (Å²) in [5.41, 5.74) is -1.45. The molecule has 0 aromatic rings. The molecule has 2 aliphatic heterocycles. The fraction of sp³-hybridized carbons (Fsp3) is 0.810. The predicted octanol–water partition coefficient (Wildman–Crippen LogP) is 1.84. The van der Waals surface area contributed by atoms with Crippen molar-refractivity contribution in [1.29, 1.82) is 0 Å². The first-order valence-electron chi connectivity index (χ1n) is 10.0. The Balaban J connectivity index is 1.62. The summed E-state index contributed by atoms with van der Waals surface area (Å²) in [6, 6.07) is 0. The number of alkyl halides is 1. The molecule has 5 saturated carbocycles. The topological polar surface area (TPSA) is 83.8 Å². The van der Waals surface area contributed by atoms with Crippen molar-refractivity contribution >= 4 is 27.5 Å². The number of aliphatic hydroxyl groups is 2. The first-order valence-corrected chi connectivity index (χ1v) is 10.9. The number of rotatable bonds is 0. The third kappa shape index (κ3) is 1.36. The number of hydrogen-bond donors (Lipinski definition) is 2. The highest BCUT2D eigenvalue weighted by atomic mass is 79.9. The summed E-state index contributed by atoms with van der Waals surface area (Å²) < 4.78 is 5.93. The van der Waals surface area contributed by atoms with Crippen molar-refractivity contribution in [2.45, 2.75) is 49.8 Å². The fourth-order valence-corrected chi connectivity index (χ4v) is 10.1. The standard InChI is InChI=1S/C21H25BrO5/c1-8-9-4-5-11-19-7-27-21(26,20(11)13(9)12(8)16(20)24)17(25)14(19)18(2,3)6-10(22)15(19)23/h9-14,17,25-26H,1,4-7H2,2-3H3/t9-,10?,11-,12?,13-,14+,17-,19-,20+,21+/m0/s1. The predicted molar refractivity (Wildman–Crippen MR) is 98.7 cm³/mol. The lowest BCUT2D eigenvalue weighted by atomic mass is 9.23. The van der Waals surface area contributed by atoms with Gasteiger partial charge in [-0.1, -0.05) is 41.9 Å². The number of ketones is 2. The maximum absolute atomic E-state index is 13.6. The van der Waals surface area contributed by atoms with Crippen LogP contribution in [-0.4, -0.2) is 45.1 Å². The Morgan fingerprint density at radius 1 is 1.22 bits per heavy atom. The van der Waals surface area contributed by atoms with Crippen LogP contribution in [0.1, 0.15) is 33.1 Å². The molecule has 0 aromatic carbocycles. The number of carbonyl (C=O) groups is 2. The normalized spacial score (nSPS) is 62.1. The van der Waals surface area contributed by atoms with Gasteiger partial charge in [-0.05, 0) is 42.4 Å². The molecular formula is C21H25BrO5. The van der Waals surface area contributed by atoms with Crippen LogP contribution in [0.3, 0.4) is 0 Å². The van der Waals surface area contributed by atoms with Crippen molar-refractivity contribution in [1.82, 2.24) is 0 Å². The van der Waals surface area contributed by atoms with E-state index in [1.807, 2.05) is 0 Å². The number of halogens is 1. The number of ether oxygens (including phenoxy) is 1. The van der Waals surface area contributed by atoms with Crippen LogP contribution < -0.4 is 0 Å². The summed E-state index contributed by atoms with van der Waals surface area (Å²) in [5.74, 6) is -2.64. The van der Waals surface area contributed by atoms with E-state index in [2.05, 4.69) is 36.4 Å². The summed E-state index contributed by atoms with van der Waals surface area (Å²) >= 11 is 3.58. The lowest BCUT2D eigenvalue weighted by Crippen LogP contribution is -2.92. The molecule has 0 radical (unpaired) electrons. The zero-order valence-corrected chi connectivity index (χ0v) is 17.2. The second-order valence-electron chi connectivity index (χ2n) is 10.5. The minimum atomic E-state index is -1.89. The van der Waals surface area contributed by atoms with Gasteiger partial charge in [0.15, 0.2) is 11.6 Å². The average molecular weight is 437 g/mol. The van der Waals surface area contributed by atoms with E-state index in [9.17, 15) is 19.8 Å². The zero-order valence-electron chi connectivity index (χ0n) is 15.6. The summed E-state index contributed by atoms with van der Waals surface area (Å²) in [6.07, 6.45) is 0.972. The van der Waals surface area contributed by atoms with E-state index in [1.54, 1.807) is 0 Å². The summed E-state index contributed by atoms with van der Waals surface area (Å²) in [7, 11) is 0. The Labute approximate surface area is 166 Å². The number of carbonyl (C=O) groups excluding carboxylic acids is 2. The van der Waals surface area contributed by atoms with E-state index in [-0.39, 0.29) is 52.1 Å². The van der Waals surface area contributed by atoms with Crippen LogP contribution >= 0.6 is 15.9 Å². The Kier molecular flexibility index (Phi) is 2.85. The molecule has 5 aliphatic carbocycles. The van der Waals surface area contributed by atoms with Gasteiger partial charge >= 0.3 is 0 Å². The lowest BCUT2D eigenvalue weighted by molar-refractivity contribution is -0.455. The van der Waals surface area contributed by atoms with Crippen molar-refractivity contribution < 1.29 is 24.5 Å². The monoisotopic (exact) mass is 436 g/mol. The molecule has 146 valence electrons. The maximum atomic E-state index is 13.6. The molecule has 0 aromatic heterocycles. The Hall–Kier alpha value is -0.560. The number of fused-ring (bicyclic) bond motifs is 1. The second-order valence-corrected chi connectivity index (χ2v) is 11.6. The molecule has 2 saturated heterocycles. The smallest absolute Gasteiger partial charge is 0.205 e. The number of allylic oxidation sites excluding steroid dienone is 1. The molecule has 2 bridgehead atoms. The molecule has 7 fully saturated rings. The first-order chi connectivity index (χ1) is 12.6. The van der Waals surface area contributed by atoms with Crippen LogP contribution in [0.25, 0.3) is 0 Å². The summed E-state index contributed by atoms with van der Waals surface area (Å²) in [5, 5.41) is 23.1. The van der Waals surface area contributed by atoms with Crippen LogP contribution in [0.15, 0.2) is 12.2 Å². The minimum absolute atomic E-state index is 0.0411. The van der Waals surface area contributed by atoms with Crippen LogP contribution in [0.4, 0.5) is 0 Å². The number of aliphatic hydroxyl groups excluding tert-OH is 1. The second kappa shape index (κ2) is 4.45. The molecule has 2 N–H and O–H groups in total.